The fourth-order valence-corrected chi connectivity index (χ4v) is 4.07. The second kappa shape index (κ2) is 6.31. The van der Waals surface area contributed by atoms with Crippen molar-refractivity contribution in [2.75, 3.05) is 18.8 Å². The molecule has 3 atom stereocenters. The number of anilines is 1. The quantitative estimate of drug-likeness (QED) is 0.820. The summed E-state index contributed by atoms with van der Waals surface area (Å²) in [6, 6.07) is 6.88. The summed E-state index contributed by atoms with van der Waals surface area (Å²) in [5, 5.41) is 0. The predicted octanol–water partition coefficient (Wildman–Crippen LogP) is 1.27. The highest BCUT2D eigenvalue weighted by Crippen LogP contribution is 2.19. The average Bonchev–Trinajstić information content (AvgIpc) is 2.37. The molecule has 1 aliphatic heterocycles. The van der Waals surface area contributed by atoms with Crippen LogP contribution in [0.3, 0.4) is 0 Å². The van der Waals surface area contributed by atoms with Crippen molar-refractivity contribution in [3.63, 3.8) is 0 Å². The summed E-state index contributed by atoms with van der Waals surface area (Å²) in [5.74, 6) is 0. The predicted molar refractivity (Wildman–Crippen MR) is 82.9 cm³/mol. The maximum absolute atomic E-state index is 12.5. The van der Waals surface area contributed by atoms with Crippen molar-refractivity contribution in [1.29, 1.82) is 0 Å². The van der Waals surface area contributed by atoms with Gasteiger partial charge in [0.1, 0.15) is 0 Å². The summed E-state index contributed by atoms with van der Waals surface area (Å²) < 4.78 is 34.6. The summed E-state index contributed by atoms with van der Waals surface area (Å²) in [6.45, 7) is 6.28. The van der Waals surface area contributed by atoms with Crippen LogP contribution in [-0.4, -0.2) is 38.0 Å². The van der Waals surface area contributed by atoms with Crippen LogP contribution >= 0.6 is 0 Å². The van der Waals surface area contributed by atoms with Crippen molar-refractivity contribution < 1.29 is 13.2 Å². The minimum atomic E-state index is -3.55. The third-order valence-electron chi connectivity index (χ3n) is 3.46. The molecular weight excluding hydrogens is 290 g/mol. The fraction of sp³-hybridized carbons (Fsp3) is 0.571. The molecule has 7 heteroatoms. The van der Waals surface area contributed by atoms with Crippen molar-refractivity contribution in [2.24, 2.45) is 0 Å². The van der Waals surface area contributed by atoms with Gasteiger partial charge >= 0.3 is 0 Å². The highest BCUT2D eigenvalue weighted by Gasteiger charge is 2.31. The van der Waals surface area contributed by atoms with Crippen molar-refractivity contribution in [2.45, 2.75) is 39.0 Å². The number of rotatable bonds is 4. The topological polar surface area (TPSA) is 84.7 Å². The Labute approximate surface area is 126 Å². The van der Waals surface area contributed by atoms with Gasteiger partial charge in [0.05, 0.1) is 12.2 Å². The first kappa shape index (κ1) is 16.2. The van der Waals surface area contributed by atoms with Crippen LogP contribution in [0.4, 0.5) is 5.69 Å². The Morgan fingerprint density at radius 1 is 1.33 bits per heavy atom. The minimum Gasteiger partial charge on any atom is -0.399 e. The lowest BCUT2D eigenvalue weighted by molar-refractivity contribution is -0.0444. The lowest BCUT2D eigenvalue weighted by Gasteiger charge is -2.35. The maximum Gasteiger partial charge on any atom is 0.280 e. The zero-order valence-corrected chi connectivity index (χ0v) is 13.4. The highest BCUT2D eigenvalue weighted by molar-refractivity contribution is 7.87. The largest absolute Gasteiger partial charge is 0.399 e. The molecule has 1 saturated heterocycles. The Morgan fingerprint density at radius 3 is 2.52 bits per heavy atom. The van der Waals surface area contributed by atoms with Gasteiger partial charge in [-0.05, 0) is 38.5 Å². The summed E-state index contributed by atoms with van der Waals surface area (Å²) in [4.78, 5) is 0. The van der Waals surface area contributed by atoms with Gasteiger partial charge in [-0.3, -0.25) is 0 Å². The van der Waals surface area contributed by atoms with Gasteiger partial charge in [-0.2, -0.15) is 17.4 Å². The number of benzene rings is 1. The van der Waals surface area contributed by atoms with E-state index in [1.165, 1.54) is 4.31 Å². The molecule has 2 rings (SSSR count). The van der Waals surface area contributed by atoms with Crippen molar-refractivity contribution >= 4 is 15.9 Å². The highest BCUT2D eigenvalue weighted by atomic mass is 32.2. The molecule has 0 aromatic heterocycles. The molecule has 1 aromatic rings. The average molecular weight is 313 g/mol. The van der Waals surface area contributed by atoms with Gasteiger partial charge in [0, 0.05) is 24.8 Å². The van der Waals surface area contributed by atoms with Crippen LogP contribution in [0, 0.1) is 0 Å². The van der Waals surface area contributed by atoms with Gasteiger partial charge in [0.15, 0.2) is 0 Å². The Kier molecular flexibility index (Phi) is 4.88. The van der Waals surface area contributed by atoms with Gasteiger partial charge in [0.2, 0.25) is 0 Å². The molecule has 0 aliphatic carbocycles. The number of hydrogen-bond acceptors (Lipinski definition) is 4. The number of hydrogen-bond donors (Lipinski definition) is 2. The molecule has 3 unspecified atom stereocenters. The Morgan fingerprint density at radius 2 is 1.95 bits per heavy atom. The first-order valence-electron chi connectivity index (χ1n) is 7.06. The summed E-state index contributed by atoms with van der Waals surface area (Å²) in [7, 11) is -3.55. The number of nitrogens with one attached hydrogen (secondary N) is 1. The van der Waals surface area contributed by atoms with E-state index >= 15 is 0 Å². The fourth-order valence-electron chi connectivity index (χ4n) is 2.52. The molecule has 21 heavy (non-hydrogen) atoms. The molecule has 1 fully saturated rings. The van der Waals surface area contributed by atoms with Gasteiger partial charge in [0.25, 0.3) is 10.2 Å². The van der Waals surface area contributed by atoms with E-state index in [4.69, 9.17) is 10.5 Å². The van der Waals surface area contributed by atoms with E-state index in [0.29, 0.717) is 18.8 Å². The molecule has 1 heterocycles. The summed E-state index contributed by atoms with van der Waals surface area (Å²) in [5.41, 5.74) is 7.19. The smallest absolute Gasteiger partial charge is 0.280 e. The number of nitrogens with zero attached hydrogens (tertiary/aromatic N) is 1. The van der Waals surface area contributed by atoms with E-state index in [1.54, 1.807) is 19.1 Å². The van der Waals surface area contributed by atoms with E-state index in [2.05, 4.69) is 4.72 Å². The molecular formula is C14H23N3O3S. The molecule has 0 radical (unpaired) electrons. The number of ether oxygens (including phenoxy) is 1. The zero-order valence-electron chi connectivity index (χ0n) is 12.6. The van der Waals surface area contributed by atoms with Crippen LogP contribution in [0.25, 0.3) is 0 Å². The van der Waals surface area contributed by atoms with Gasteiger partial charge < -0.3 is 10.5 Å². The van der Waals surface area contributed by atoms with E-state index in [-0.39, 0.29) is 18.2 Å². The third-order valence-corrected chi connectivity index (χ3v) is 5.09. The number of nitrogen functional groups attached to an aromatic ring is 1. The van der Waals surface area contributed by atoms with Gasteiger partial charge in [-0.15, -0.1) is 0 Å². The zero-order chi connectivity index (χ0) is 15.6. The second-order valence-corrected chi connectivity index (χ2v) is 7.29. The Hall–Kier alpha value is -1.15. The molecule has 1 aliphatic rings. The SMILES string of the molecule is CC1CN(S(=O)(=O)NC(C)c2cccc(N)c2)CC(C)O1. The number of nitrogens with two attached hydrogens (primary N) is 1. The van der Waals surface area contributed by atoms with Crippen molar-refractivity contribution in [3.05, 3.63) is 29.8 Å². The van der Waals surface area contributed by atoms with Crippen LogP contribution in [0.1, 0.15) is 32.4 Å². The summed E-state index contributed by atoms with van der Waals surface area (Å²) in [6.07, 6.45) is -0.207. The van der Waals surface area contributed by atoms with Crippen LogP contribution in [-0.2, 0) is 14.9 Å². The van der Waals surface area contributed by atoms with Crippen molar-refractivity contribution in [1.82, 2.24) is 9.03 Å². The molecule has 0 bridgehead atoms. The van der Waals surface area contributed by atoms with Crippen LogP contribution in [0.15, 0.2) is 24.3 Å². The molecule has 0 saturated carbocycles. The standard InChI is InChI=1S/C14H23N3O3S/c1-10-8-17(9-11(2)20-10)21(18,19)16-12(3)13-5-4-6-14(15)7-13/h4-7,10-12,16H,8-9,15H2,1-3H3. The third kappa shape index (κ3) is 4.16. The van der Waals surface area contributed by atoms with E-state index in [0.717, 1.165) is 5.56 Å². The van der Waals surface area contributed by atoms with Gasteiger partial charge in [-0.25, -0.2) is 0 Å². The molecule has 0 amide bonds. The van der Waals surface area contributed by atoms with Crippen LogP contribution < -0.4 is 10.5 Å². The van der Waals surface area contributed by atoms with E-state index in [9.17, 15) is 8.42 Å². The Bertz CT molecular complexity index is 581. The molecule has 6 nitrogen and oxygen atoms in total. The van der Waals surface area contributed by atoms with Crippen LogP contribution in [0.2, 0.25) is 0 Å². The van der Waals surface area contributed by atoms with E-state index in [1.807, 2.05) is 26.0 Å². The summed E-state index contributed by atoms with van der Waals surface area (Å²) >= 11 is 0. The number of morpholine rings is 1. The molecule has 1 aromatic carbocycles. The Balaban J connectivity index is 2.10. The van der Waals surface area contributed by atoms with Crippen LogP contribution in [0.5, 0.6) is 0 Å². The molecule has 0 spiro atoms. The second-order valence-electron chi connectivity index (χ2n) is 5.59. The minimum absolute atomic E-state index is 0.104. The first-order chi connectivity index (χ1) is 9.78. The lowest BCUT2D eigenvalue weighted by atomic mass is 10.1. The molecule has 118 valence electrons. The first-order valence-corrected chi connectivity index (χ1v) is 8.50. The monoisotopic (exact) mass is 313 g/mol. The maximum atomic E-state index is 12.5. The lowest BCUT2D eigenvalue weighted by Crippen LogP contribution is -2.52. The van der Waals surface area contributed by atoms with E-state index < -0.39 is 10.2 Å². The van der Waals surface area contributed by atoms with Crippen molar-refractivity contribution in [3.8, 4) is 0 Å². The van der Waals surface area contributed by atoms with Gasteiger partial charge in [-0.1, -0.05) is 12.1 Å². The molecule has 3 N–H and O–H groups in total. The normalized spacial score (nSPS) is 25.7.